The van der Waals surface area contributed by atoms with Crippen molar-refractivity contribution in [1.82, 2.24) is 25.2 Å². The number of pyridine rings is 1. The molecule has 2 heterocycles. The van der Waals surface area contributed by atoms with Crippen LogP contribution in [0.5, 0.6) is 0 Å². The van der Waals surface area contributed by atoms with Gasteiger partial charge in [-0.3, -0.25) is 4.40 Å². The molecular weight excluding hydrogens is 309 g/mol. The zero-order chi connectivity index (χ0) is 16.9. The average molecular weight is 327 g/mol. The molecule has 1 atom stereocenters. The Kier molecular flexibility index (Phi) is 4.69. The lowest BCUT2D eigenvalue weighted by Gasteiger charge is -2.13. The van der Waals surface area contributed by atoms with Crippen molar-refractivity contribution in [2.24, 2.45) is 0 Å². The standard InChI is InChI=1S/C17H18FN5O/c1-12(16-22-21-15-4-2-3-11-23(15)16)20-17(24)19-10-9-13-5-7-14(18)8-6-13/h2-8,11-12H,9-10H2,1H3,(H2,19,20,24). The van der Waals surface area contributed by atoms with Gasteiger partial charge in [-0.15, -0.1) is 10.2 Å². The molecule has 0 aliphatic rings. The fourth-order valence-electron chi connectivity index (χ4n) is 2.44. The lowest BCUT2D eigenvalue weighted by molar-refractivity contribution is 0.237. The lowest BCUT2D eigenvalue weighted by Crippen LogP contribution is -2.38. The van der Waals surface area contributed by atoms with E-state index >= 15 is 0 Å². The van der Waals surface area contributed by atoms with Crippen LogP contribution in [0.15, 0.2) is 48.7 Å². The molecule has 0 bridgehead atoms. The van der Waals surface area contributed by atoms with Crippen molar-refractivity contribution in [1.29, 1.82) is 0 Å². The molecule has 0 saturated carbocycles. The van der Waals surface area contributed by atoms with Crippen molar-refractivity contribution < 1.29 is 9.18 Å². The van der Waals surface area contributed by atoms with E-state index in [9.17, 15) is 9.18 Å². The maximum Gasteiger partial charge on any atom is 0.315 e. The smallest absolute Gasteiger partial charge is 0.315 e. The van der Waals surface area contributed by atoms with Gasteiger partial charge in [0.05, 0.1) is 6.04 Å². The minimum absolute atomic E-state index is 0.265. The molecule has 1 aromatic carbocycles. The number of aromatic nitrogens is 3. The van der Waals surface area contributed by atoms with Gasteiger partial charge in [-0.25, -0.2) is 9.18 Å². The summed E-state index contributed by atoms with van der Waals surface area (Å²) >= 11 is 0. The number of carbonyl (C=O) groups excluding carboxylic acids is 1. The van der Waals surface area contributed by atoms with Gasteiger partial charge in [0, 0.05) is 12.7 Å². The summed E-state index contributed by atoms with van der Waals surface area (Å²) in [4.78, 5) is 12.0. The van der Waals surface area contributed by atoms with E-state index < -0.39 is 0 Å². The van der Waals surface area contributed by atoms with E-state index in [1.165, 1.54) is 12.1 Å². The molecule has 0 spiro atoms. The summed E-state index contributed by atoms with van der Waals surface area (Å²) in [5, 5.41) is 13.8. The summed E-state index contributed by atoms with van der Waals surface area (Å²) in [6.45, 7) is 2.31. The van der Waals surface area contributed by atoms with Crippen molar-refractivity contribution in [3.05, 3.63) is 65.9 Å². The highest BCUT2D eigenvalue weighted by atomic mass is 19.1. The molecule has 6 nitrogen and oxygen atoms in total. The molecule has 2 aromatic heterocycles. The molecule has 0 fully saturated rings. The van der Waals surface area contributed by atoms with Crippen molar-refractivity contribution in [2.75, 3.05) is 6.54 Å². The van der Waals surface area contributed by atoms with Crippen molar-refractivity contribution in [2.45, 2.75) is 19.4 Å². The first kappa shape index (κ1) is 15.9. The Labute approximate surface area is 138 Å². The van der Waals surface area contributed by atoms with Crippen LogP contribution in [-0.2, 0) is 6.42 Å². The van der Waals surface area contributed by atoms with Crippen LogP contribution < -0.4 is 10.6 Å². The van der Waals surface area contributed by atoms with E-state index in [1.54, 1.807) is 12.1 Å². The van der Waals surface area contributed by atoms with E-state index in [0.29, 0.717) is 18.8 Å². The van der Waals surface area contributed by atoms with E-state index in [4.69, 9.17) is 0 Å². The number of urea groups is 1. The highest BCUT2D eigenvalue weighted by Crippen LogP contribution is 2.11. The average Bonchev–Trinajstić information content (AvgIpc) is 3.01. The van der Waals surface area contributed by atoms with Gasteiger partial charge in [-0.1, -0.05) is 18.2 Å². The van der Waals surface area contributed by atoms with Crippen LogP contribution in [0.2, 0.25) is 0 Å². The van der Waals surface area contributed by atoms with Gasteiger partial charge in [0.1, 0.15) is 5.82 Å². The summed E-state index contributed by atoms with van der Waals surface area (Å²) in [6.07, 6.45) is 2.49. The van der Waals surface area contributed by atoms with Gasteiger partial charge < -0.3 is 10.6 Å². The summed E-state index contributed by atoms with van der Waals surface area (Å²) in [7, 11) is 0. The monoisotopic (exact) mass is 327 g/mol. The lowest BCUT2D eigenvalue weighted by atomic mass is 10.1. The molecule has 0 aliphatic heterocycles. The predicted molar refractivity (Wildman–Crippen MR) is 88.0 cm³/mol. The molecule has 0 saturated heterocycles. The van der Waals surface area contributed by atoms with Crippen LogP contribution in [0.25, 0.3) is 5.65 Å². The minimum atomic E-state index is -0.284. The molecule has 0 radical (unpaired) electrons. The Hall–Kier alpha value is -2.96. The van der Waals surface area contributed by atoms with E-state index in [2.05, 4.69) is 20.8 Å². The largest absolute Gasteiger partial charge is 0.338 e. The number of fused-ring (bicyclic) bond motifs is 1. The Morgan fingerprint density at radius 2 is 2.00 bits per heavy atom. The third-order valence-corrected chi connectivity index (χ3v) is 3.69. The molecule has 2 amide bonds. The summed E-state index contributed by atoms with van der Waals surface area (Å²) < 4.78 is 14.7. The maximum absolute atomic E-state index is 12.8. The maximum atomic E-state index is 12.8. The van der Waals surface area contributed by atoms with Gasteiger partial charge in [0.15, 0.2) is 11.5 Å². The van der Waals surface area contributed by atoms with Crippen molar-refractivity contribution >= 4 is 11.7 Å². The fourth-order valence-corrected chi connectivity index (χ4v) is 2.44. The van der Waals surface area contributed by atoms with Crippen LogP contribution in [0.3, 0.4) is 0 Å². The topological polar surface area (TPSA) is 71.3 Å². The number of halogens is 1. The number of benzene rings is 1. The zero-order valence-corrected chi connectivity index (χ0v) is 13.2. The van der Waals surface area contributed by atoms with Gasteiger partial charge in [-0.05, 0) is 43.2 Å². The number of nitrogens with zero attached hydrogens (tertiary/aromatic N) is 3. The first-order chi connectivity index (χ1) is 11.6. The molecule has 2 N–H and O–H groups in total. The quantitative estimate of drug-likeness (QED) is 0.756. The number of nitrogens with one attached hydrogen (secondary N) is 2. The first-order valence-electron chi connectivity index (χ1n) is 7.72. The summed E-state index contributed by atoms with van der Waals surface area (Å²) in [5.74, 6) is 0.401. The van der Waals surface area contributed by atoms with Crippen molar-refractivity contribution in [3.63, 3.8) is 0 Å². The third kappa shape index (κ3) is 3.68. The molecule has 1 unspecified atom stereocenters. The van der Waals surface area contributed by atoms with E-state index in [0.717, 1.165) is 11.2 Å². The Bertz CT molecular complexity index is 830. The van der Waals surface area contributed by atoms with Gasteiger partial charge in [0.25, 0.3) is 0 Å². The Balaban J connectivity index is 1.52. The second-order valence-corrected chi connectivity index (χ2v) is 5.49. The molecule has 3 aromatic rings. The minimum Gasteiger partial charge on any atom is -0.338 e. The normalized spacial score (nSPS) is 12.1. The van der Waals surface area contributed by atoms with Crippen LogP contribution in [-0.4, -0.2) is 27.2 Å². The van der Waals surface area contributed by atoms with Crippen LogP contribution in [0, 0.1) is 5.82 Å². The molecule has 124 valence electrons. The second kappa shape index (κ2) is 7.08. The SMILES string of the molecule is CC(NC(=O)NCCc1ccc(F)cc1)c1nnc2ccccn12. The number of hydrogen-bond donors (Lipinski definition) is 2. The molecular formula is C17H18FN5O. The zero-order valence-electron chi connectivity index (χ0n) is 13.2. The van der Waals surface area contributed by atoms with Crippen LogP contribution in [0.1, 0.15) is 24.4 Å². The van der Waals surface area contributed by atoms with E-state index in [1.807, 2.05) is 35.7 Å². The summed E-state index contributed by atoms with van der Waals surface area (Å²) in [5.41, 5.74) is 1.70. The molecule has 24 heavy (non-hydrogen) atoms. The highest BCUT2D eigenvalue weighted by molar-refractivity contribution is 5.74. The molecule has 7 heteroatoms. The Morgan fingerprint density at radius 1 is 1.21 bits per heavy atom. The van der Waals surface area contributed by atoms with Gasteiger partial charge in [0.2, 0.25) is 0 Å². The predicted octanol–water partition coefficient (Wildman–Crippen LogP) is 2.47. The molecule has 3 rings (SSSR count). The molecule has 0 aliphatic carbocycles. The van der Waals surface area contributed by atoms with Gasteiger partial charge in [-0.2, -0.15) is 0 Å². The number of carbonyl (C=O) groups is 1. The number of rotatable bonds is 5. The number of amides is 2. The van der Waals surface area contributed by atoms with Crippen LogP contribution >= 0.6 is 0 Å². The van der Waals surface area contributed by atoms with Crippen LogP contribution in [0.4, 0.5) is 9.18 Å². The van der Waals surface area contributed by atoms with Crippen molar-refractivity contribution in [3.8, 4) is 0 Å². The fraction of sp³-hybridized carbons (Fsp3) is 0.235. The number of hydrogen-bond acceptors (Lipinski definition) is 3. The summed E-state index contributed by atoms with van der Waals surface area (Å²) in [6, 6.07) is 11.3. The van der Waals surface area contributed by atoms with E-state index in [-0.39, 0.29) is 17.9 Å². The second-order valence-electron chi connectivity index (χ2n) is 5.49. The first-order valence-corrected chi connectivity index (χ1v) is 7.72. The third-order valence-electron chi connectivity index (χ3n) is 3.69. The highest BCUT2D eigenvalue weighted by Gasteiger charge is 2.15. The Morgan fingerprint density at radius 3 is 2.79 bits per heavy atom. The van der Waals surface area contributed by atoms with Gasteiger partial charge >= 0.3 is 6.03 Å².